The molecule has 0 aliphatic carbocycles. The summed E-state index contributed by atoms with van der Waals surface area (Å²) in [5.74, 6) is -0.574. The third kappa shape index (κ3) is 4.99. The molecule has 0 bridgehead atoms. The van der Waals surface area contributed by atoms with Gasteiger partial charge in [-0.3, -0.25) is 15.1 Å². The Balaban J connectivity index is 2.49. The van der Waals surface area contributed by atoms with Gasteiger partial charge in [-0.15, -0.1) is 0 Å². The van der Waals surface area contributed by atoms with E-state index in [9.17, 15) is 14.9 Å². The average Bonchev–Trinajstić information content (AvgIpc) is 2.68. The Labute approximate surface area is 152 Å². The molecule has 2 aromatic rings. The van der Waals surface area contributed by atoms with Crippen molar-refractivity contribution in [3.05, 3.63) is 81.9 Å². The fraction of sp³-hybridized carbons (Fsp3) is 0.300. The van der Waals surface area contributed by atoms with Gasteiger partial charge in [0.05, 0.1) is 12.8 Å². The van der Waals surface area contributed by atoms with Crippen LogP contribution in [0.5, 0.6) is 0 Å². The van der Waals surface area contributed by atoms with E-state index < -0.39 is 18.1 Å². The molecule has 0 fully saturated rings. The minimum Gasteiger partial charge on any atom is -0.467 e. The van der Waals surface area contributed by atoms with Crippen LogP contribution in [-0.2, 0) is 9.53 Å². The number of benzene rings is 2. The first-order valence-electron chi connectivity index (χ1n) is 8.46. The zero-order valence-corrected chi connectivity index (χ0v) is 14.9. The lowest BCUT2D eigenvalue weighted by atomic mass is 10.0. The number of ether oxygens (including phenoxy) is 1. The summed E-state index contributed by atoms with van der Waals surface area (Å²) >= 11 is 0. The summed E-state index contributed by atoms with van der Waals surface area (Å²) in [5, 5.41) is 11.2. The van der Waals surface area contributed by atoms with Crippen LogP contribution in [0.3, 0.4) is 0 Å². The van der Waals surface area contributed by atoms with Gasteiger partial charge >= 0.3 is 5.97 Å². The molecule has 0 radical (unpaired) electrons. The second-order valence-electron chi connectivity index (χ2n) is 5.83. The second kappa shape index (κ2) is 9.46. The normalized spacial score (nSPS) is 12.7. The number of carbonyl (C=O) groups excluding carboxylic acids is 1. The van der Waals surface area contributed by atoms with Crippen LogP contribution in [0.1, 0.15) is 30.9 Å². The van der Waals surface area contributed by atoms with Gasteiger partial charge in [-0.2, -0.15) is 0 Å². The minimum atomic E-state index is -0.939. The van der Waals surface area contributed by atoms with E-state index in [1.54, 1.807) is 6.92 Å². The topological polar surface area (TPSA) is 81.8 Å². The Bertz CT molecular complexity index is 718. The monoisotopic (exact) mass is 354 g/mol. The number of esters is 1. The highest BCUT2D eigenvalue weighted by molar-refractivity contribution is 6.13. The second-order valence-corrected chi connectivity index (χ2v) is 5.83. The third-order valence-corrected chi connectivity index (χ3v) is 4.12. The highest BCUT2D eigenvalue weighted by Crippen LogP contribution is 2.16. The standard InChI is InChI=1S/C20H22N2O4/c1-3-17(22(24)25)14-18(20(23)26-2)21-19(15-10-6-4-7-11-15)16-12-8-5-9-13-16/h4-13,17-18H,3,14H2,1-2H3/t17-,18+/m1/s1. The SMILES string of the molecule is CC[C@H](C[C@H](N=C(c1ccccc1)c1ccccc1)C(=O)OC)[N+](=O)[O-]. The third-order valence-electron chi connectivity index (χ3n) is 4.12. The van der Waals surface area contributed by atoms with E-state index >= 15 is 0 Å². The maximum absolute atomic E-state index is 12.2. The summed E-state index contributed by atoms with van der Waals surface area (Å²) in [6.45, 7) is 1.72. The van der Waals surface area contributed by atoms with Crippen molar-refractivity contribution in [2.45, 2.75) is 31.8 Å². The van der Waals surface area contributed by atoms with E-state index in [-0.39, 0.29) is 11.3 Å². The lowest BCUT2D eigenvalue weighted by Crippen LogP contribution is -2.31. The Hall–Kier alpha value is -3.02. The van der Waals surface area contributed by atoms with Crippen molar-refractivity contribution in [1.29, 1.82) is 0 Å². The summed E-state index contributed by atoms with van der Waals surface area (Å²) < 4.78 is 4.84. The fourth-order valence-electron chi connectivity index (χ4n) is 2.66. The van der Waals surface area contributed by atoms with E-state index in [1.807, 2.05) is 60.7 Å². The van der Waals surface area contributed by atoms with Crippen molar-refractivity contribution in [2.24, 2.45) is 4.99 Å². The van der Waals surface area contributed by atoms with Gasteiger partial charge in [0.15, 0.2) is 6.04 Å². The van der Waals surface area contributed by atoms with Crippen LogP contribution in [-0.4, -0.2) is 35.8 Å². The molecule has 6 nitrogen and oxygen atoms in total. The van der Waals surface area contributed by atoms with Gasteiger partial charge in [0, 0.05) is 28.9 Å². The molecule has 0 aliphatic heterocycles. The molecule has 0 amide bonds. The molecule has 2 atom stereocenters. The van der Waals surface area contributed by atoms with Crippen LogP contribution in [0.2, 0.25) is 0 Å². The van der Waals surface area contributed by atoms with Gasteiger partial charge in [0.25, 0.3) is 0 Å². The first-order valence-corrected chi connectivity index (χ1v) is 8.46. The number of nitro groups is 1. The van der Waals surface area contributed by atoms with Crippen LogP contribution in [0.15, 0.2) is 65.7 Å². The van der Waals surface area contributed by atoms with Crippen LogP contribution < -0.4 is 0 Å². The molecule has 136 valence electrons. The first-order chi connectivity index (χ1) is 12.6. The minimum absolute atomic E-state index is 0.000654. The van der Waals surface area contributed by atoms with Gasteiger partial charge in [-0.1, -0.05) is 67.6 Å². The molecule has 0 aromatic heterocycles. The van der Waals surface area contributed by atoms with Crippen molar-refractivity contribution >= 4 is 11.7 Å². The summed E-state index contributed by atoms with van der Waals surface area (Å²) in [5.41, 5.74) is 2.28. The molecular formula is C20H22N2O4. The predicted molar refractivity (Wildman–Crippen MR) is 100 cm³/mol. The Kier molecular flexibility index (Phi) is 7.02. The van der Waals surface area contributed by atoms with E-state index in [1.165, 1.54) is 7.11 Å². The van der Waals surface area contributed by atoms with Crippen LogP contribution in [0.4, 0.5) is 0 Å². The van der Waals surface area contributed by atoms with Crippen LogP contribution in [0.25, 0.3) is 0 Å². The molecule has 26 heavy (non-hydrogen) atoms. The van der Waals surface area contributed by atoms with E-state index in [0.717, 1.165) is 11.1 Å². The number of nitrogens with zero attached hydrogens (tertiary/aromatic N) is 2. The van der Waals surface area contributed by atoms with E-state index in [0.29, 0.717) is 12.1 Å². The first kappa shape index (κ1) is 19.3. The maximum Gasteiger partial charge on any atom is 0.330 e. The molecular weight excluding hydrogens is 332 g/mol. The Morgan fingerprint density at radius 3 is 1.96 bits per heavy atom. The quantitative estimate of drug-likeness (QED) is 0.314. The smallest absolute Gasteiger partial charge is 0.330 e. The number of methoxy groups -OCH3 is 1. The zero-order valence-electron chi connectivity index (χ0n) is 14.9. The summed E-state index contributed by atoms with van der Waals surface area (Å²) in [4.78, 5) is 27.7. The Morgan fingerprint density at radius 2 is 1.58 bits per heavy atom. The largest absolute Gasteiger partial charge is 0.467 e. The number of hydrogen-bond acceptors (Lipinski definition) is 5. The molecule has 0 heterocycles. The van der Waals surface area contributed by atoms with Gasteiger partial charge in [-0.25, -0.2) is 4.79 Å². The van der Waals surface area contributed by atoms with Gasteiger partial charge in [0.1, 0.15) is 0 Å². The van der Waals surface area contributed by atoms with Crippen molar-refractivity contribution in [3.8, 4) is 0 Å². The highest BCUT2D eigenvalue weighted by Gasteiger charge is 2.29. The van der Waals surface area contributed by atoms with Crippen molar-refractivity contribution in [2.75, 3.05) is 7.11 Å². The van der Waals surface area contributed by atoms with Crippen molar-refractivity contribution < 1.29 is 14.5 Å². The molecule has 6 heteroatoms. The number of carbonyl (C=O) groups is 1. The maximum atomic E-state index is 12.2. The lowest BCUT2D eigenvalue weighted by molar-refractivity contribution is -0.523. The zero-order chi connectivity index (χ0) is 18.9. The summed E-state index contributed by atoms with van der Waals surface area (Å²) in [7, 11) is 1.27. The molecule has 0 N–H and O–H groups in total. The van der Waals surface area contributed by atoms with Gasteiger partial charge in [-0.05, 0) is 0 Å². The van der Waals surface area contributed by atoms with Gasteiger partial charge < -0.3 is 4.74 Å². The molecule has 2 aromatic carbocycles. The highest BCUT2D eigenvalue weighted by atomic mass is 16.6. The Morgan fingerprint density at radius 1 is 1.08 bits per heavy atom. The van der Waals surface area contributed by atoms with E-state index in [4.69, 9.17) is 4.74 Å². The molecule has 0 saturated carbocycles. The molecule has 2 rings (SSSR count). The predicted octanol–water partition coefficient (Wildman–Crippen LogP) is 3.51. The summed E-state index contributed by atoms with van der Waals surface area (Å²) in [6.07, 6.45) is 0.321. The lowest BCUT2D eigenvalue weighted by Gasteiger charge is -2.16. The van der Waals surface area contributed by atoms with Crippen molar-refractivity contribution in [3.63, 3.8) is 0 Å². The van der Waals surface area contributed by atoms with Crippen LogP contribution >= 0.6 is 0 Å². The molecule has 0 unspecified atom stereocenters. The fourth-order valence-corrected chi connectivity index (χ4v) is 2.66. The number of aliphatic imine (C=N–C) groups is 1. The average molecular weight is 354 g/mol. The number of rotatable bonds is 8. The van der Waals surface area contributed by atoms with E-state index in [2.05, 4.69) is 4.99 Å². The van der Waals surface area contributed by atoms with Crippen LogP contribution in [0, 0.1) is 10.1 Å². The molecule has 0 aliphatic rings. The molecule has 0 saturated heterocycles. The van der Waals surface area contributed by atoms with Gasteiger partial charge in [0.2, 0.25) is 6.04 Å². The van der Waals surface area contributed by atoms with Crippen molar-refractivity contribution in [1.82, 2.24) is 0 Å². The molecule has 0 spiro atoms. The number of hydrogen-bond donors (Lipinski definition) is 0. The summed E-state index contributed by atoms with van der Waals surface area (Å²) in [6, 6.07) is 17.1.